The van der Waals surface area contributed by atoms with Gasteiger partial charge in [0.2, 0.25) is 5.91 Å². The highest BCUT2D eigenvalue weighted by atomic mass is 16.4. The van der Waals surface area contributed by atoms with E-state index in [1.807, 2.05) is 44.2 Å². The first-order valence-electron chi connectivity index (χ1n) is 11.9. The van der Waals surface area contributed by atoms with Crippen LogP contribution in [0.3, 0.4) is 0 Å². The van der Waals surface area contributed by atoms with Crippen LogP contribution in [0.5, 0.6) is 0 Å². The summed E-state index contributed by atoms with van der Waals surface area (Å²) >= 11 is 0. The molecule has 1 saturated carbocycles. The van der Waals surface area contributed by atoms with Crippen LogP contribution in [-0.2, 0) is 4.79 Å². The fourth-order valence-electron chi connectivity index (χ4n) is 5.15. The van der Waals surface area contributed by atoms with Gasteiger partial charge in [0.05, 0.1) is 23.8 Å². The molecule has 5 rings (SSSR count). The topological polar surface area (TPSA) is 83.9 Å². The number of aromatic carboxylic acids is 1. The number of carboxylic acids is 1. The first kappa shape index (κ1) is 22.3. The molecule has 6 nitrogen and oxygen atoms in total. The number of rotatable bonds is 5. The highest BCUT2D eigenvalue weighted by Crippen LogP contribution is 2.39. The number of anilines is 1. The van der Waals surface area contributed by atoms with Gasteiger partial charge in [-0.2, -0.15) is 0 Å². The molecule has 1 N–H and O–H groups in total. The molecule has 0 atom stereocenters. The second-order valence-corrected chi connectivity index (χ2v) is 9.75. The zero-order chi connectivity index (χ0) is 24.0. The molecule has 1 aliphatic carbocycles. The van der Waals surface area contributed by atoms with Gasteiger partial charge in [0, 0.05) is 28.3 Å². The average molecular weight is 460 g/mol. The van der Waals surface area contributed by atoms with E-state index < -0.39 is 5.97 Å². The molecule has 2 aromatic heterocycles. The van der Waals surface area contributed by atoms with Crippen molar-refractivity contribution in [2.75, 3.05) is 4.90 Å². The van der Waals surface area contributed by atoms with E-state index in [9.17, 15) is 14.7 Å². The summed E-state index contributed by atoms with van der Waals surface area (Å²) in [5.74, 6) is -0.517. The molecule has 2 heterocycles. The number of hydrogen-bond donors (Lipinski definition) is 1. The van der Waals surface area contributed by atoms with Crippen molar-refractivity contribution in [2.45, 2.75) is 52.5 Å². The first-order chi connectivity index (χ1) is 16.3. The Hall–Kier alpha value is -3.54. The number of carbonyl (C=O) groups excluding carboxylic acids is 1. The van der Waals surface area contributed by atoms with Gasteiger partial charge < -0.3 is 18.8 Å². The van der Waals surface area contributed by atoms with Crippen LogP contribution in [-0.4, -0.2) is 23.0 Å². The zero-order valence-electron chi connectivity index (χ0n) is 19.7. The molecule has 6 heteroatoms. The second-order valence-electron chi connectivity index (χ2n) is 9.75. The predicted molar refractivity (Wildman–Crippen MR) is 132 cm³/mol. The number of amides is 1. The molecule has 4 aromatic rings. The van der Waals surface area contributed by atoms with Crippen molar-refractivity contribution >= 4 is 39.5 Å². The fraction of sp³-hybridized carbons (Fsp3) is 0.357. The summed E-state index contributed by atoms with van der Waals surface area (Å²) in [5.41, 5.74) is 3.58. The molecular formula is C28H29NO5. The van der Waals surface area contributed by atoms with E-state index >= 15 is 0 Å². The van der Waals surface area contributed by atoms with Crippen molar-refractivity contribution in [3.8, 4) is 11.1 Å². The van der Waals surface area contributed by atoms with Gasteiger partial charge in [-0.3, -0.25) is 4.79 Å². The van der Waals surface area contributed by atoms with Crippen LogP contribution >= 0.6 is 0 Å². The summed E-state index contributed by atoms with van der Waals surface area (Å²) in [6, 6.07) is 10.9. The van der Waals surface area contributed by atoms with E-state index in [1.54, 1.807) is 23.5 Å². The van der Waals surface area contributed by atoms with Crippen LogP contribution in [0.1, 0.15) is 56.8 Å². The SMILES string of the molecule is CC1CCC(C(=O)N(c2cc3c(cc2C(=O)O)oc2ccc(-c4ccoc4)cc23)C(C)C)CC1. The van der Waals surface area contributed by atoms with Gasteiger partial charge >= 0.3 is 5.97 Å². The van der Waals surface area contributed by atoms with E-state index in [4.69, 9.17) is 8.83 Å². The van der Waals surface area contributed by atoms with Gasteiger partial charge in [0.1, 0.15) is 11.2 Å². The van der Waals surface area contributed by atoms with E-state index in [-0.39, 0.29) is 23.4 Å². The van der Waals surface area contributed by atoms with Crippen LogP contribution in [0, 0.1) is 11.8 Å². The molecule has 0 bridgehead atoms. The van der Waals surface area contributed by atoms with Gasteiger partial charge in [-0.1, -0.05) is 13.0 Å². The van der Waals surface area contributed by atoms with Gasteiger partial charge in [-0.15, -0.1) is 0 Å². The van der Waals surface area contributed by atoms with Crippen molar-refractivity contribution in [1.82, 2.24) is 0 Å². The number of furan rings is 2. The Morgan fingerprint density at radius 3 is 2.35 bits per heavy atom. The molecule has 0 radical (unpaired) electrons. The van der Waals surface area contributed by atoms with Gasteiger partial charge in [0.25, 0.3) is 0 Å². The molecule has 2 aromatic carbocycles. The van der Waals surface area contributed by atoms with Crippen molar-refractivity contribution in [1.29, 1.82) is 0 Å². The van der Waals surface area contributed by atoms with Crippen molar-refractivity contribution in [3.63, 3.8) is 0 Å². The second kappa shape index (κ2) is 8.67. The quantitative estimate of drug-likeness (QED) is 0.344. The summed E-state index contributed by atoms with van der Waals surface area (Å²) in [6.07, 6.45) is 7.05. The molecule has 0 aliphatic heterocycles. The monoisotopic (exact) mass is 459 g/mol. The lowest BCUT2D eigenvalue weighted by molar-refractivity contribution is -0.123. The minimum absolute atomic E-state index is 0.00985. The third kappa shape index (κ3) is 3.87. The Balaban J connectivity index is 1.66. The average Bonchev–Trinajstić information content (AvgIpc) is 3.46. The fourth-order valence-corrected chi connectivity index (χ4v) is 5.15. The van der Waals surface area contributed by atoms with Crippen molar-refractivity contribution in [2.24, 2.45) is 11.8 Å². The maximum atomic E-state index is 13.7. The summed E-state index contributed by atoms with van der Waals surface area (Å²) in [6.45, 7) is 6.09. The number of hydrogen-bond acceptors (Lipinski definition) is 4. The number of nitrogens with zero attached hydrogens (tertiary/aromatic N) is 1. The number of benzene rings is 2. The van der Waals surface area contributed by atoms with Crippen LogP contribution in [0.15, 0.2) is 57.8 Å². The normalized spacial score (nSPS) is 18.6. The summed E-state index contributed by atoms with van der Waals surface area (Å²) in [4.78, 5) is 27.6. The molecule has 1 aliphatic rings. The van der Waals surface area contributed by atoms with Crippen molar-refractivity contribution < 1.29 is 23.5 Å². The van der Waals surface area contributed by atoms with Gasteiger partial charge in [-0.25, -0.2) is 4.79 Å². The van der Waals surface area contributed by atoms with Crippen LogP contribution in [0.2, 0.25) is 0 Å². The molecule has 34 heavy (non-hydrogen) atoms. The maximum absolute atomic E-state index is 13.7. The van der Waals surface area contributed by atoms with Crippen molar-refractivity contribution in [3.05, 3.63) is 54.5 Å². The molecule has 0 unspecified atom stereocenters. The van der Waals surface area contributed by atoms with Gasteiger partial charge in [0.15, 0.2) is 0 Å². The number of carbonyl (C=O) groups is 2. The lowest BCUT2D eigenvalue weighted by Crippen LogP contribution is -2.42. The summed E-state index contributed by atoms with van der Waals surface area (Å²) in [5, 5.41) is 11.7. The lowest BCUT2D eigenvalue weighted by atomic mass is 9.82. The summed E-state index contributed by atoms with van der Waals surface area (Å²) in [7, 11) is 0. The molecule has 0 spiro atoms. The Bertz CT molecular complexity index is 1360. The van der Waals surface area contributed by atoms with Crippen LogP contribution < -0.4 is 4.90 Å². The maximum Gasteiger partial charge on any atom is 0.337 e. The minimum Gasteiger partial charge on any atom is -0.478 e. The van der Waals surface area contributed by atoms with E-state index in [2.05, 4.69) is 6.92 Å². The number of carboxylic acid groups (broad SMARTS) is 1. The smallest absolute Gasteiger partial charge is 0.337 e. The van der Waals surface area contributed by atoms with E-state index in [0.29, 0.717) is 22.8 Å². The zero-order valence-corrected chi connectivity index (χ0v) is 19.7. The highest BCUT2D eigenvalue weighted by Gasteiger charge is 2.33. The molecule has 176 valence electrons. The largest absolute Gasteiger partial charge is 0.478 e. The highest BCUT2D eigenvalue weighted by molar-refractivity contribution is 6.12. The Morgan fingerprint density at radius 2 is 1.71 bits per heavy atom. The first-order valence-corrected chi connectivity index (χ1v) is 11.9. The third-order valence-corrected chi connectivity index (χ3v) is 7.05. The molecule has 1 amide bonds. The standard InChI is InChI=1S/C28H29NO5/c1-16(2)29(27(30)18-6-4-17(3)5-7-18)24-13-22-21-12-19(20-10-11-33-15-20)8-9-25(21)34-26(22)14-23(24)28(31)32/h8-18H,4-7H2,1-3H3,(H,31,32). The lowest BCUT2D eigenvalue weighted by Gasteiger charge is -2.34. The van der Waals surface area contributed by atoms with Gasteiger partial charge in [-0.05, 0) is 81.3 Å². The Labute approximate surface area is 198 Å². The molecule has 0 saturated heterocycles. The Kier molecular flexibility index (Phi) is 5.68. The molecule has 1 fully saturated rings. The molecular weight excluding hydrogens is 430 g/mol. The third-order valence-electron chi connectivity index (χ3n) is 7.05. The van der Waals surface area contributed by atoms with E-state index in [1.165, 1.54) is 0 Å². The van der Waals surface area contributed by atoms with Crippen LogP contribution in [0.4, 0.5) is 5.69 Å². The van der Waals surface area contributed by atoms with E-state index in [0.717, 1.165) is 47.6 Å². The number of fused-ring (bicyclic) bond motifs is 3. The predicted octanol–water partition coefficient (Wildman–Crippen LogP) is 7.11. The minimum atomic E-state index is -1.08. The summed E-state index contributed by atoms with van der Waals surface area (Å²) < 4.78 is 11.2. The Morgan fingerprint density at radius 1 is 0.971 bits per heavy atom. The van der Waals surface area contributed by atoms with Crippen LogP contribution in [0.25, 0.3) is 33.1 Å².